The number of halogens is 3. The predicted molar refractivity (Wildman–Crippen MR) is 45.5 cm³/mol. The lowest BCUT2D eigenvalue weighted by Gasteiger charge is -2.06. The van der Waals surface area contributed by atoms with E-state index < -0.39 is 34.8 Å². The van der Waals surface area contributed by atoms with Gasteiger partial charge in [0, 0.05) is 5.56 Å². The Morgan fingerprint density at radius 3 is 2.12 bits per heavy atom. The molecule has 0 fully saturated rings. The zero-order valence-corrected chi connectivity index (χ0v) is 7.58. The molecule has 7 heteroatoms. The maximum Gasteiger partial charge on any atom is 0.454 e. The molecule has 0 amide bonds. The van der Waals surface area contributed by atoms with E-state index in [2.05, 4.69) is 0 Å². The van der Waals surface area contributed by atoms with E-state index >= 15 is 0 Å². The van der Waals surface area contributed by atoms with Crippen LogP contribution in [0, 0.1) is 0 Å². The summed E-state index contributed by atoms with van der Waals surface area (Å²) in [6, 6.07) is 1.90. The smallest absolute Gasteiger partial charge is 0.454 e. The maximum atomic E-state index is 12.0. The van der Waals surface area contributed by atoms with Gasteiger partial charge in [0.25, 0.3) is 5.78 Å². The number of ketones is 1. The van der Waals surface area contributed by atoms with Crippen LogP contribution in [0.4, 0.5) is 13.2 Å². The number of aromatic hydroxyl groups is 1. The molecule has 0 aromatic heterocycles. The van der Waals surface area contributed by atoms with Gasteiger partial charge in [-0.25, -0.2) is 4.79 Å². The highest BCUT2D eigenvalue weighted by molar-refractivity contribution is 6.02. The van der Waals surface area contributed by atoms with Crippen molar-refractivity contribution in [3.63, 3.8) is 0 Å². The first-order valence-electron chi connectivity index (χ1n) is 3.91. The van der Waals surface area contributed by atoms with Crippen molar-refractivity contribution in [2.24, 2.45) is 0 Å². The molecule has 2 N–H and O–H groups in total. The van der Waals surface area contributed by atoms with Crippen molar-refractivity contribution in [1.82, 2.24) is 0 Å². The van der Waals surface area contributed by atoms with Crippen LogP contribution in [0.2, 0.25) is 0 Å². The Balaban J connectivity index is 3.17. The summed E-state index contributed by atoms with van der Waals surface area (Å²) in [5, 5.41) is 17.6. The van der Waals surface area contributed by atoms with Crippen molar-refractivity contribution < 1.29 is 33.0 Å². The van der Waals surface area contributed by atoms with Crippen LogP contribution in [-0.4, -0.2) is 28.1 Å². The molecule has 4 nitrogen and oxygen atoms in total. The standard InChI is InChI=1S/C9H5F3O4/c10-9(11,12)7(14)4-1-2-5(8(15)16)6(13)3-4/h1-3,13H,(H,15,16). The highest BCUT2D eigenvalue weighted by Crippen LogP contribution is 2.25. The molecule has 0 atom stereocenters. The van der Waals surface area contributed by atoms with Gasteiger partial charge in [-0.2, -0.15) is 13.2 Å². The van der Waals surface area contributed by atoms with E-state index in [0.29, 0.717) is 12.1 Å². The van der Waals surface area contributed by atoms with Crippen molar-refractivity contribution in [2.75, 3.05) is 0 Å². The first-order chi connectivity index (χ1) is 7.23. The quantitative estimate of drug-likeness (QED) is 0.765. The highest BCUT2D eigenvalue weighted by Gasteiger charge is 2.39. The van der Waals surface area contributed by atoms with Gasteiger partial charge in [-0.15, -0.1) is 0 Å². The molecule has 1 aromatic carbocycles. The molecule has 0 saturated heterocycles. The van der Waals surface area contributed by atoms with E-state index in [4.69, 9.17) is 10.2 Å². The van der Waals surface area contributed by atoms with Crippen LogP contribution < -0.4 is 0 Å². The van der Waals surface area contributed by atoms with Gasteiger partial charge >= 0.3 is 12.1 Å². The number of hydrogen-bond donors (Lipinski definition) is 2. The summed E-state index contributed by atoms with van der Waals surface area (Å²) in [6.07, 6.45) is -5.06. The Morgan fingerprint density at radius 2 is 1.75 bits per heavy atom. The number of rotatable bonds is 2. The third-order valence-corrected chi connectivity index (χ3v) is 1.75. The fourth-order valence-electron chi connectivity index (χ4n) is 1.02. The summed E-state index contributed by atoms with van der Waals surface area (Å²) in [6.45, 7) is 0. The van der Waals surface area contributed by atoms with Crippen LogP contribution in [0.25, 0.3) is 0 Å². The molecule has 0 heterocycles. The van der Waals surface area contributed by atoms with Crippen LogP contribution in [0.5, 0.6) is 5.75 Å². The molecule has 0 aliphatic heterocycles. The number of hydrogen-bond acceptors (Lipinski definition) is 3. The summed E-state index contributed by atoms with van der Waals surface area (Å²) >= 11 is 0. The second kappa shape index (κ2) is 3.84. The minimum Gasteiger partial charge on any atom is -0.507 e. The molecule has 0 saturated carbocycles. The number of alkyl halides is 3. The second-order valence-corrected chi connectivity index (χ2v) is 2.86. The third-order valence-electron chi connectivity index (χ3n) is 1.75. The summed E-state index contributed by atoms with van der Waals surface area (Å²) in [4.78, 5) is 21.1. The summed E-state index contributed by atoms with van der Waals surface area (Å²) < 4.78 is 35.9. The molecule has 0 spiro atoms. The number of Topliss-reactive ketones (excluding diaryl/α,β-unsaturated/α-hetero) is 1. The zero-order chi connectivity index (χ0) is 12.5. The van der Waals surface area contributed by atoms with Crippen molar-refractivity contribution in [3.8, 4) is 5.75 Å². The van der Waals surface area contributed by atoms with Gasteiger partial charge in [0.05, 0.1) is 0 Å². The van der Waals surface area contributed by atoms with E-state index in [0.717, 1.165) is 6.07 Å². The number of aromatic carboxylic acids is 1. The molecular formula is C9H5F3O4. The Labute approximate surface area is 86.9 Å². The lowest BCUT2D eigenvalue weighted by Crippen LogP contribution is -2.22. The van der Waals surface area contributed by atoms with Gasteiger partial charge in [0.1, 0.15) is 11.3 Å². The predicted octanol–water partition coefficient (Wildman–Crippen LogP) is 1.84. The van der Waals surface area contributed by atoms with Crippen molar-refractivity contribution in [2.45, 2.75) is 6.18 Å². The van der Waals surface area contributed by atoms with Crippen LogP contribution in [0.3, 0.4) is 0 Å². The minimum atomic E-state index is -5.06. The number of carboxylic acids is 1. The van der Waals surface area contributed by atoms with Gasteiger partial charge in [0.15, 0.2) is 0 Å². The fraction of sp³-hybridized carbons (Fsp3) is 0.111. The highest BCUT2D eigenvalue weighted by atomic mass is 19.4. The molecule has 86 valence electrons. The molecule has 1 rings (SSSR count). The van der Waals surface area contributed by atoms with Crippen LogP contribution in [0.1, 0.15) is 20.7 Å². The molecule has 1 aromatic rings. The molecule has 0 radical (unpaired) electrons. The minimum absolute atomic E-state index is 0.472. The topological polar surface area (TPSA) is 74.6 Å². The Kier molecular flexibility index (Phi) is 2.88. The monoisotopic (exact) mass is 234 g/mol. The fourth-order valence-corrected chi connectivity index (χ4v) is 1.02. The summed E-state index contributed by atoms with van der Waals surface area (Å²) in [7, 11) is 0. The SMILES string of the molecule is O=C(O)c1ccc(C(=O)C(F)(F)F)cc1O. The van der Waals surface area contributed by atoms with E-state index in [9.17, 15) is 22.8 Å². The Hall–Kier alpha value is -2.05. The summed E-state index contributed by atoms with van der Waals surface area (Å²) in [5.74, 6) is -4.52. The first-order valence-corrected chi connectivity index (χ1v) is 3.91. The molecule has 16 heavy (non-hydrogen) atoms. The van der Waals surface area contributed by atoms with Gasteiger partial charge in [0.2, 0.25) is 0 Å². The van der Waals surface area contributed by atoms with Crippen molar-refractivity contribution in [3.05, 3.63) is 29.3 Å². The third kappa shape index (κ3) is 2.30. The van der Waals surface area contributed by atoms with Gasteiger partial charge in [-0.1, -0.05) is 0 Å². The normalized spacial score (nSPS) is 11.2. The average Bonchev–Trinajstić information content (AvgIpc) is 2.14. The van der Waals surface area contributed by atoms with Crippen LogP contribution in [-0.2, 0) is 0 Å². The molecule has 0 aliphatic carbocycles. The Morgan fingerprint density at radius 1 is 1.19 bits per heavy atom. The Bertz CT molecular complexity index is 451. The van der Waals surface area contributed by atoms with Gasteiger partial charge < -0.3 is 10.2 Å². The molecule has 0 unspecified atom stereocenters. The zero-order valence-electron chi connectivity index (χ0n) is 7.58. The van der Waals surface area contributed by atoms with E-state index in [1.165, 1.54) is 0 Å². The van der Waals surface area contributed by atoms with Gasteiger partial charge in [-0.3, -0.25) is 4.79 Å². The van der Waals surface area contributed by atoms with Gasteiger partial charge in [-0.05, 0) is 18.2 Å². The molecule has 0 bridgehead atoms. The van der Waals surface area contributed by atoms with E-state index in [1.54, 1.807) is 0 Å². The van der Waals surface area contributed by atoms with Crippen LogP contribution >= 0.6 is 0 Å². The number of carbonyl (C=O) groups excluding carboxylic acids is 1. The number of carboxylic acid groups (broad SMARTS) is 1. The van der Waals surface area contributed by atoms with E-state index in [1.807, 2.05) is 0 Å². The molecular weight excluding hydrogens is 229 g/mol. The van der Waals surface area contributed by atoms with Crippen LogP contribution in [0.15, 0.2) is 18.2 Å². The lowest BCUT2D eigenvalue weighted by atomic mass is 10.1. The first kappa shape index (κ1) is 12.0. The van der Waals surface area contributed by atoms with E-state index in [-0.39, 0.29) is 0 Å². The summed E-state index contributed by atoms with van der Waals surface area (Å²) in [5.41, 5.74) is -1.38. The number of carbonyl (C=O) groups is 2. The number of benzene rings is 1. The molecule has 0 aliphatic rings. The van der Waals surface area contributed by atoms with Crippen molar-refractivity contribution >= 4 is 11.8 Å². The largest absolute Gasteiger partial charge is 0.507 e. The average molecular weight is 234 g/mol. The lowest BCUT2D eigenvalue weighted by molar-refractivity contribution is -0.0885. The number of phenols is 1. The van der Waals surface area contributed by atoms with Crippen molar-refractivity contribution in [1.29, 1.82) is 0 Å². The maximum absolute atomic E-state index is 12.0. The second-order valence-electron chi connectivity index (χ2n) is 2.86.